The van der Waals surface area contributed by atoms with Crippen LogP contribution in [0, 0.1) is 0 Å². The molecule has 106 valence electrons. The molecule has 0 aliphatic carbocycles. The summed E-state index contributed by atoms with van der Waals surface area (Å²) < 4.78 is 6.59. The van der Waals surface area contributed by atoms with Crippen molar-refractivity contribution in [1.29, 1.82) is 0 Å². The number of nitrogens with zero attached hydrogens (tertiary/aromatic N) is 1. The Bertz CT molecular complexity index is 528. The number of aromatic nitrogens is 1. The van der Waals surface area contributed by atoms with E-state index in [2.05, 4.69) is 20.9 Å². The van der Waals surface area contributed by atoms with Crippen molar-refractivity contribution in [3.05, 3.63) is 57.8 Å². The Morgan fingerprint density at radius 2 is 2.15 bits per heavy atom. The average molecular weight is 357 g/mol. The molecule has 0 bridgehead atoms. The number of aliphatic hydroxyl groups is 1. The first kappa shape index (κ1) is 15.3. The van der Waals surface area contributed by atoms with Gasteiger partial charge in [-0.3, -0.25) is 4.98 Å². The first-order chi connectivity index (χ1) is 9.54. The zero-order chi connectivity index (χ0) is 14.5. The SMILES string of the molecule is CC(Oc1cccc(Cl)c1)C(O)Cc1cncc(Br)c1. The summed E-state index contributed by atoms with van der Waals surface area (Å²) in [7, 11) is 0. The molecule has 5 heteroatoms. The highest BCUT2D eigenvalue weighted by Gasteiger charge is 2.17. The van der Waals surface area contributed by atoms with E-state index in [-0.39, 0.29) is 6.10 Å². The summed E-state index contributed by atoms with van der Waals surface area (Å²) in [5.41, 5.74) is 0.952. The minimum absolute atomic E-state index is 0.340. The minimum atomic E-state index is -0.620. The molecule has 2 atom stereocenters. The molecule has 0 saturated carbocycles. The monoisotopic (exact) mass is 355 g/mol. The molecule has 0 fully saturated rings. The van der Waals surface area contributed by atoms with Crippen LogP contribution < -0.4 is 4.74 Å². The van der Waals surface area contributed by atoms with Gasteiger partial charge in [0.05, 0.1) is 6.10 Å². The molecule has 1 aromatic heterocycles. The fraction of sp³-hybridized carbons (Fsp3) is 0.267. The van der Waals surface area contributed by atoms with Gasteiger partial charge >= 0.3 is 0 Å². The van der Waals surface area contributed by atoms with E-state index >= 15 is 0 Å². The quantitative estimate of drug-likeness (QED) is 0.884. The van der Waals surface area contributed by atoms with Gasteiger partial charge in [0.2, 0.25) is 0 Å². The molecule has 2 aromatic rings. The van der Waals surface area contributed by atoms with Crippen molar-refractivity contribution < 1.29 is 9.84 Å². The number of rotatable bonds is 5. The lowest BCUT2D eigenvalue weighted by Gasteiger charge is -2.20. The summed E-state index contributed by atoms with van der Waals surface area (Å²) in [6.45, 7) is 1.83. The van der Waals surface area contributed by atoms with Crippen LogP contribution >= 0.6 is 27.5 Å². The highest BCUT2D eigenvalue weighted by molar-refractivity contribution is 9.10. The Morgan fingerprint density at radius 3 is 2.85 bits per heavy atom. The fourth-order valence-corrected chi connectivity index (χ4v) is 2.40. The Balaban J connectivity index is 1.96. The van der Waals surface area contributed by atoms with Gasteiger partial charge in [-0.25, -0.2) is 0 Å². The Kier molecular flexibility index (Phi) is 5.40. The van der Waals surface area contributed by atoms with Crippen molar-refractivity contribution in [2.24, 2.45) is 0 Å². The molecule has 20 heavy (non-hydrogen) atoms. The van der Waals surface area contributed by atoms with Crippen LogP contribution in [-0.4, -0.2) is 22.3 Å². The lowest BCUT2D eigenvalue weighted by Crippen LogP contribution is -2.30. The Labute approximate surface area is 131 Å². The van der Waals surface area contributed by atoms with Gasteiger partial charge in [0, 0.05) is 28.3 Å². The van der Waals surface area contributed by atoms with Crippen LogP contribution in [-0.2, 0) is 6.42 Å². The molecule has 2 rings (SSSR count). The van der Waals surface area contributed by atoms with Gasteiger partial charge in [-0.1, -0.05) is 17.7 Å². The molecule has 1 aromatic carbocycles. The van der Waals surface area contributed by atoms with Crippen molar-refractivity contribution in [2.75, 3.05) is 0 Å². The third-order valence-corrected chi connectivity index (χ3v) is 3.54. The summed E-state index contributed by atoms with van der Waals surface area (Å²) in [5, 5.41) is 10.8. The summed E-state index contributed by atoms with van der Waals surface area (Å²) >= 11 is 9.26. The largest absolute Gasteiger partial charge is 0.488 e. The standard InChI is InChI=1S/C15H15BrClNO2/c1-10(20-14-4-2-3-13(17)7-14)15(19)6-11-5-12(16)9-18-8-11/h2-5,7-10,15,19H,6H2,1H3. The van der Waals surface area contributed by atoms with Crippen LogP contribution in [0.4, 0.5) is 0 Å². The lowest BCUT2D eigenvalue weighted by molar-refractivity contribution is 0.0478. The van der Waals surface area contributed by atoms with E-state index in [4.69, 9.17) is 16.3 Å². The molecule has 0 saturated heterocycles. The van der Waals surface area contributed by atoms with Gasteiger partial charge in [-0.05, 0) is 52.7 Å². The van der Waals surface area contributed by atoms with Crippen molar-refractivity contribution in [1.82, 2.24) is 4.98 Å². The second-order valence-corrected chi connectivity index (χ2v) is 5.92. The number of pyridine rings is 1. The summed E-state index contributed by atoms with van der Waals surface area (Å²) in [6, 6.07) is 9.07. The summed E-state index contributed by atoms with van der Waals surface area (Å²) in [5.74, 6) is 0.649. The first-order valence-corrected chi connectivity index (χ1v) is 7.41. The molecule has 0 spiro atoms. The molecule has 0 radical (unpaired) electrons. The fourth-order valence-electron chi connectivity index (χ4n) is 1.81. The number of aliphatic hydroxyl groups excluding tert-OH is 1. The van der Waals surface area contributed by atoms with Crippen molar-refractivity contribution in [3.63, 3.8) is 0 Å². The van der Waals surface area contributed by atoms with E-state index in [0.29, 0.717) is 17.2 Å². The molecular formula is C15H15BrClNO2. The van der Waals surface area contributed by atoms with Crippen molar-refractivity contribution >= 4 is 27.5 Å². The Morgan fingerprint density at radius 1 is 1.35 bits per heavy atom. The van der Waals surface area contributed by atoms with E-state index in [1.165, 1.54) is 0 Å². The maximum absolute atomic E-state index is 10.2. The maximum atomic E-state index is 10.2. The van der Waals surface area contributed by atoms with Crippen LogP contribution in [0.25, 0.3) is 0 Å². The molecule has 2 unspecified atom stereocenters. The van der Waals surface area contributed by atoms with E-state index < -0.39 is 6.10 Å². The van der Waals surface area contributed by atoms with Gasteiger partial charge in [-0.2, -0.15) is 0 Å². The Hall–Kier alpha value is -1.10. The number of benzene rings is 1. The van der Waals surface area contributed by atoms with E-state index in [1.54, 1.807) is 24.5 Å². The first-order valence-electron chi connectivity index (χ1n) is 6.24. The number of halogens is 2. The maximum Gasteiger partial charge on any atom is 0.122 e. The van der Waals surface area contributed by atoms with Gasteiger partial charge in [0.15, 0.2) is 0 Å². The minimum Gasteiger partial charge on any atom is -0.488 e. The lowest BCUT2D eigenvalue weighted by atomic mass is 10.1. The molecule has 3 nitrogen and oxygen atoms in total. The predicted molar refractivity (Wildman–Crippen MR) is 83.2 cm³/mol. The van der Waals surface area contributed by atoms with Gasteiger partial charge in [-0.15, -0.1) is 0 Å². The number of hydrogen-bond acceptors (Lipinski definition) is 3. The topological polar surface area (TPSA) is 42.4 Å². The van der Waals surface area contributed by atoms with E-state index in [9.17, 15) is 5.11 Å². The number of hydrogen-bond donors (Lipinski definition) is 1. The van der Waals surface area contributed by atoms with Crippen molar-refractivity contribution in [2.45, 2.75) is 25.6 Å². The van der Waals surface area contributed by atoms with Crippen LogP contribution in [0.3, 0.4) is 0 Å². The van der Waals surface area contributed by atoms with Gasteiger partial charge < -0.3 is 9.84 Å². The highest BCUT2D eigenvalue weighted by Crippen LogP contribution is 2.20. The molecular weight excluding hydrogens is 342 g/mol. The summed E-state index contributed by atoms with van der Waals surface area (Å²) in [6.07, 6.45) is 2.97. The second-order valence-electron chi connectivity index (χ2n) is 4.56. The normalized spacial score (nSPS) is 13.8. The highest BCUT2D eigenvalue weighted by atomic mass is 79.9. The third-order valence-electron chi connectivity index (χ3n) is 2.87. The van der Waals surface area contributed by atoms with Crippen LogP contribution in [0.15, 0.2) is 47.2 Å². The smallest absolute Gasteiger partial charge is 0.122 e. The molecule has 0 amide bonds. The van der Waals surface area contributed by atoms with Gasteiger partial charge in [0.1, 0.15) is 11.9 Å². The predicted octanol–water partition coefficient (Wildman–Crippen LogP) is 3.87. The zero-order valence-corrected chi connectivity index (χ0v) is 13.3. The second kappa shape index (κ2) is 7.07. The molecule has 0 aliphatic rings. The molecule has 1 N–H and O–H groups in total. The average Bonchev–Trinajstić information content (AvgIpc) is 2.38. The van der Waals surface area contributed by atoms with Crippen LogP contribution in [0.2, 0.25) is 5.02 Å². The molecule has 0 aliphatic heterocycles. The molecule has 1 heterocycles. The van der Waals surface area contributed by atoms with Gasteiger partial charge in [0.25, 0.3) is 0 Å². The third kappa shape index (κ3) is 4.47. The van der Waals surface area contributed by atoms with Crippen molar-refractivity contribution in [3.8, 4) is 5.75 Å². The van der Waals surface area contributed by atoms with E-state index in [1.807, 2.05) is 25.1 Å². The zero-order valence-electron chi connectivity index (χ0n) is 11.0. The van der Waals surface area contributed by atoms with Crippen LogP contribution in [0.5, 0.6) is 5.75 Å². The van der Waals surface area contributed by atoms with Crippen LogP contribution in [0.1, 0.15) is 12.5 Å². The summed E-state index contributed by atoms with van der Waals surface area (Å²) in [4.78, 5) is 4.08. The number of ether oxygens (including phenoxy) is 1. The van der Waals surface area contributed by atoms with E-state index in [0.717, 1.165) is 10.0 Å².